The van der Waals surface area contributed by atoms with Crippen LogP contribution in [0.5, 0.6) is 0 Å². The lowest BCUT2D eigenvalue weighted by atomic mass is 10.0. The Morgan fingerprint density at radius 2 is 1.70 bits per heavy atom. The minimum Gasteiger partial charge on any atom is -0.383 e. The Morgan fingerprint density at radius 1 is 1.00 bits per heavy atom. The van der Waals surface area contributed by atoms with Crippen molar-refractivity contribution in [2.24, 2.45) is 5.14 Å². The van der Waals surface area contributed by atoms with Gasteiger partial charge in [0.2, 0.25) is 10.0 Å². The molecule has 2 heterocycles. The highest BCUT2D eigenvalue weighted by Crippen LogP contribution is 2.40. The van der Waals surface area contributed by atoms with E-state index in [1.165, 1.54) is 23.5 Å². The molecule has 1 aromatic carbocycles. The summed E-state index contributed by atoms with van der Waals surface area (Å²) in [5, 5.41) is 6.15. The van der Waals surface area contributed by atoms with Gasteiger partial charge in [0.15, 0.2) is 0 Å². The van der Waals surface area contributed by atoms with Crippen molar-refractivity contribution in [3.8, 4) is 0 Å². The predicted octanol–water partition coefficient (Wildman–Crippen LogP) is 3.64. The van der Waals surface area contributed by atoms with Gasteiger partial charge in [-0.3, -0.25) is 4.90 Å². The molecular formula is C22H29FN2O5S3. The zero-order valence-corrected chi connectivity index (χ0v) is 21.1. The van der Waals surface area contributed by atoms with E-state index in [1.54, 1.807) is 43.8 Å². The number of sulfonamides is 1. The van der Waals surface area contributed by atoms with Crippen LogP contribution >= 0.6 is 22.7 Å². The zero-order chi connectivity index (χ0) is 23.8. The van der Waals surface area contributed by atoms with Gasteiger partial charge in [-0.05, 0) is 36.2 Å². The molecule has 1 unspecified atom stereocenters. The first-order valence-electron chi connectivity index (χ1n) is 10.4. The number of nitrogens with zero attached hydrogens (tertiary/aromatic N) is 1. The van der Waals surface area contributed by atoms with E-state index in [4.69, 9.17) is 19.3 Å². The lowest BCUT2D eigenvalue weighted by Crippen LogP contribution is -2.35. The molecule has 0 radical (unpaired) electrons. The minimum atomic E-state index is -3.73. The molecule has 0 fully saturated rings. The van der Waals surface area contributed by atoms with Crippen LogP contribution in [0.25, 0.3) is 9.40 Å². The van der Waals surface area contributed by atoms with Gasteiger partial charge in [0.05, 0.1) is 30.4 Å². The molecule has 0 bridgehead atoms. The van der Waals surface area contributed by atoms with E-state index in [0.717, 1.165) is 19.8 Å². The first-order valence-corrected chi connectivity index (χ1v) is 13.6. The minimum absolute atomic E-state index is 0.0147. The number of halogens is 1. The number of hydrogen-bond donors (Lipinski definition) is 1. The molecule has 2 N–H and O–H groups in total. The van der Waals surface area contributed by atoms with E-state index in [2.05, 4.69) is 4.90 Å². The Hall–Kier alpha value is -1.44. The van der Waals surface area contributed by atoms with Gasteiger partial charge in [0.25, 0.3) is 0 Å². The molecule has 3 aromatic rings. The highest BCUT2D eigenvalue weighted by Gasteiger charge is 2.24. The summed E-state index contributed by atoms with van der Waals surface area (Å²) in [6.45, 7) is 3.49. The van der Waals surface area contributed by atoms with Crippen molar-refractivity contribution in [2.75, 3.05) is 53.7 Å². The van der Waals surface area contributed by atoms with Gasteiger partial charge in [0.1, 0.15) is 10.0 Å². The fourth-order valence-corrected chi connectivity index (χ4v) is 6.95. The van der Waals surface area contributed by atoms with Crippen molar-refractivity contribution < 1.29 is 27.0 Å². The van der Waals surface area contributed by atoms with Crippen LogP contribution in [-0.4, -0.2) is 67.1 Å². The molecule has 0 amide bonds. The molecule has 182 valence electrons. The van der Waals surface area contributed by atoms with E-state index >= 15 is 0 Å². The molecule has 1 atom stereocenters. The molecule has 11 heteroatoms. The number of benzene rings is 1. The summed E-state index contributed by atoms with van der Waals surface area (Å²) in [4.78, 5) is 3.38. The molecule has 0 aliphatic rings. The standard InChI is InChI=1S/C22H29FN2O5S3/c1-28-9-7-25(8-10-30-12-11-29-2)19(13-16-3-5-18(23)6-4-16)20-14-17-15-21(33(24,26)27)32-22(17)31-20/h3-6,14-15,19H,7-13H2,1-2H3,(H2,24,26,27). The fourth-order valence-electron chi connectivity index (χ4n) is 3.45. The van der Waals surface area contributed by atoms with Gasteiger partial charge in [-0.1, -0.05) is 12.1 Å². The smallest absolute Gasteiger partial charge is 0.247 e. The van der Waals surface area contributed by atoms with Gasteiger partial charge in [0, 0.05) is 43.6 Å². The number of thiophene rings is 2. The predicted molar refractivity (Wildman–Crippen MR) is 130 cm³/mol. The van der Waals surface area contributed by atoms with E-state index in [-0.39, 0.29) is 16.1 Å². The topological polar surface area (TPSA) is 91.1 Å². The molecular weight excluding hydrogens is 487 g/mol. The van der Waals surface area contributed by atoms with E-state index in [0.29, 0.717) is 45.9 Å². The second-order valence-electron chi connectivity index (χ2n) is 7.48. The third-order valence-corrected chi connectivity index (χ3v) is 9.05. The molecule has 0 spiro atoms. The zero-order valence-electron chi connectivity index (χ0n) is 18.7. The van der Waals surface area contributed by atoms with Crippen molar-refractivity contribution in [3.05, 3.63) is 52.7 Å². The number of hydrogen-bond acceptors (Lipinski definition) is 8. The summed E-state index contributed by atoms with van der Waals surface area (Å²) in [6.07, 6.45) is 0.665. The largest absolute Gasteiger partial charge is 0.383 e. The van der Waals surface area contributed by atoms with Crippen molar-refractivity contribution in [1.29, 1.82) is 0 Å². The summed E-state index contributed by atoms with van der Waals surface area (Å²) in [7, 11) is -0.432. The number of ether oxygens (including phenoxy) is 3. The third kappa shape index (κ3) is 7.52. The molecule has 0 aliphatic carbocycles. The first-order chi connectivity index (χ1) is 15.8. The molecule has 33 heavy (non-hydrogen) atoms. The maximum atomic E-state index is 13.5. The second-order valence-corrected chi connectivity index (χ2v) is 11.7. The van der Waals surface area contributed by atoms with Gasteiger partial charge in [-0.15, -0.1) is 22.7 Å². The van der Waals surface area contributed by atoms with Crippen LogP contribution in [0.1, 0.15) is 16.5 Å². The first kappa shape index (κ1) is 26.2. The number of fused-ring (bicyclic) bond motifs is 1. The summed E-state index contributed by atoms with van der Waals surface area (Å²) in [5.74, 6) is -0.273. The Kier molecular flexibility index (Phi) is 9.77. The lowest BCUT2D eigenvalue weighted by Gasteiger charge is -2.31. The summed E-state index contributed by atoms with van der Waals surface area (Å²) in [5.41, 5.74) is 1.01. The van der Waals surface area contributed by atoms with Crippen LogP contribution in [0, 0.1) is 5.82 Å². The van der Waals surface area contributed by atoms with E-state index in [1.807, 2.05) is 6.07 Å². The average molecular weight is 517 g/mol. The Bertz CT molecular complexity index is 1080. The van der Waals surface area contributed by atoms with Crippen molar-refractivity contribution in [2.45, 2.75) is 16.7 Å². The third-order valence-electron chi connectivity index (χ3n) is 5.14. The SMILES string of the molecule is COCCOCCN(CCOC)C(Cc1ccc(F)cc1)c1cc2cc(S(N)(=O)=O)sc2s1. The fraction of sp³-hybridized carbons (Fsp3) is 0.455. The molecule has 0 aliphatic heterocycles. The molecule has 0 saturated heterocycles. The Morgan fingerprint density at radius 3 is 2.33 bits per heavy atom. The quantitative estimate of drug-likeness (QED) is 0.329. The number of rotatable bonds is 14. The van der Waals surface area contributed by atoms with Crippen LogP contribution in [0.3, 0.4) is 0 Å². The normalized spacial score (nSPS) is 13.2. The van der Waals surface area contributed by atoms with Crippen LogP contribution < -0.4 is 5.14 Å². The summed E-state index contributed by atoms with van der Waals surface area (Å²) < 4.78 is 54.1. The van der Waals surface area contributed by atoms with E-state index < -0.39 is 10.0 Å². The van der Waals surface area contributed by atoms with Crippen molar-refractivity contribution in [1.82, 2.24) is 4.90 Å². The van der Waals surface area contributed by atoms with Gasteiger partial charge in [-0.25, -0.2) is 17.9 Å². The second kappa shape index (κ2) is 12.3. The summed E-state index contributed by atoms with van der Waals surface area (Å²) >= 11 is 2.74. The van der Waals surface area contributed by atoms with Crippen molar-refractivity contribution in [3.63, 3.8) is 0 Å². The highest BCUT2D eigenvalue weighted by molar-refractivity contribution is 7.91. The van der Waals surface area contributed by atoms with Crippen LogP contribution in [-0.2, 0) is 30.7 Å². The maximum absolute atomic E-state index is 13.5. The molecule has 2 aromatic heterocycles. The lowest BCUT2D eigenvalue weighted by molar-refractivity contribution is 0.0420. The van der Waals surface area contributed by atoms with Crippen molar-refractivity contribution >= 4 is 42.1 Å². The molecule has 0 saturated carbocycles. The monoisotopic (exact) mass is 516 g/mol. The number of nitrogens with two attached hydrogens (primary N) is 1. The van der Waals surface area contributed by atoms with Gasteiger partial charge in [-0.2, -0.15) is 0 Å². The Balaban J connectivity index is 1.89. The Labute approximate surface area is 201 Å². The van der Waals surface area contributed by atoms with Crippen LogP contribution in [0.15, 0.2) is 40.6 Å². The highest BCUT2D eigenvalue weighted by atomic mass is 32.2. The molecule has 3 rings (SSSR count). The summed E-state index contributed by atoms with van der Waals surface area (Å²) in [6, 6.07) is 10.1. The molecule has 7 nitrogen and oxygen atoms in total. The van der Waals surface area contributed by atoms with Crippen LogP contribution in [0.2, 0.25) is 0 Å². The average Bonchev–Trinajstić information content (AvgIpc) is 3.35. The van der Waals surface area contributed by atoms with Gasteiger partial charge >= 0.3 is 0 Å². The van der Waals surface area contributed by atoms with E-state index in [9.17, 15) is 12.8 Å². The number of primary sulfonamides is 1. The maximum Gasteiger partial charge on any atom is 0.247 e. The van der Waals surface area contributed by atoms with Crippen LogP contribution in [0.4, 0.5) is 4.39 Å². The van der Waals surface area contributed by atoms with Gasteiger partial charge < -0.3 is 14.2 Å². The number of methoxy groups -OCH3 is 2.